The fraction of sp³-hybridized carbons (Fsp3) is 0.375. The first-order valence-corrected chi connectivity index (χ1v) is 7.48. The van der Waals surface area contributed by atoms with Crippen LogP contribution in [0.25, 0.3) is 5.69 Å². The van der Waals surface area contributed by atoms with Gasteiger partial charge in [-0.15, -0.1) is 0 Å². The van der Waals surface area contributed by atoms with Gasteiger partial charge in [0.2, 0.25) is 0 Å². The van der Waals surface area contributed by atoms with E-state index in [1.165, 1.54) is 24.4 Å². The summed E-state index contributed by atoms with van der Waals surface area (Å²) >= 11 is 0. The first-order valence-electron chi connectivity index (χ1n) is 7.48. The zero-order valence-corrected chi connectivity index (χ0v) is 13.0. The predicted molar refractivity (Wildman–Crippen MR) is 80.0 cm³/mol. The van der Waals surface area contributed by atoms with Crippen LogP contribution in [0.15, 0.2) is 30.5 Å². The van der Waals surface area contributed by atoms with E-state index in [0.29, 0.717) is 37.6 Å². The van der Waals surface area contributed by atoms with E-state index < -0.39 is 11.7 Å². The molecule has 0 N–H and O–H groups in total. The number of halogens is 3. The van der Waals surface area contributed by atoms with E-state index in [2.05, 4.69) is 5.10 Å². The smallest absolute Gasteiger partial charge is 0.378 e. The third-order valence-corrected chi connectivity index (χ3v) is 3.98. The summed E-state index contributed by atoms with van der Waals surface area (Å²) in [6.45, 7) is 3.42. The largest absolute Gasteiger partial charge is 0.418 e. The molecule has 1 saturated heterocycles. The van der Waals surface area contributed by atoms with E-state index in [1.807, 2.05) is 0 Å². The quantitative estimate of drug-likeness (QED) is 0.845. The molecule has 0 spiro atoms. The molecule has 8 heteroatoms. The summed E-state index contributed by atoms with van der Waals surface area (Å²) in [4.78, 5) is 14.2. The second-order valence-electron chi connectivity index (χ2n) is 5.47. The average Bonchev–Trinajstić information content (AvgIpc) is 2.95. The summed E-state index contributed by atoms with van der Waals surface area (Å²) < 4.78 is 45.9. The van der Waals surface area contributed by atoms with Crippen molar-refractivity contribution >= 4 is 5.91 Å². The van der Waals surface area contributed by atoms with Crippen molar-refractivity contribution in [3.8, 4) is 5.69 Å². The van der Waals surface area contributed by atoms with Gasteiger partial charge in [0.25, 0.3) is 5.91 Å². The molecule has 1 aliphatic heterocycles. The number of benzene rings is 1. The lowest BCUT2D eigenvalue weighted by atomic mass is 10.1. The second kappa shape index (κ2) is 6.27. The van der Waals surface area contributed by atoms with Crippen LogP contribution in [-0.2, 0) is 10.9 Å². The first-order chi connectivity index (χ1) is 11.4. The number of amides is 1. The molecule has 0 radical (unpaired) electrons. The fourth-order valence-corrected chi connectivity index (χ4v) is 2.70. The molecule has 1 aromatic carbocycles. The van der Waals surface area contributed by atoms with Gasteiger partial charge < -0.3 is 9.64 Å². The first kappa shape index (κ1) is 16.5. The predicted octanol–water partition coefficient (Wildman–Crippen LogP) is 2.67. The Morgan fingerprint density at radius 3 is 2.54 bits per heavy atom. The lowest BCUT2D eigenvalue weighted by molar-refractivity contribution is -0.137. The van der Waals surface area contributed by atoms with Gasteiger partial charge in [0, 0.05) is 13.1 Å². The summed E-state index contributed by atoms with van der Waals surface area (Å²) in [7, 11) is 0. The minimum absolute atomic E-state index is 0.0940. The molecule has 0 saturated carbocycles. The number of aromatic nitrogens is 2. The highest BCUT2D eigenvalue weighted by Crippen LogP contribution is 2.34. The lowest BCUT2D eigenvalue weighted by Crippen LogP contribution is -2.40. The number of morpholine rings is 1. The van der Waals surface area contributed by atoms with Crippen molar-refractivity contribution in [3.63, 3.8) is 0 Å². The number of hydrogen-bond acceptors (Lipinski definition) is 3. The van der Waals surface area contributed by atoms with Gasteiger partial charge in [0.15, 0.2) is 0 Å². The molecule has 1 amide bonds. The zero-order chi connectivity index (χ0) is 17.3. The summed E-state index contributed by atoms with van der Waals surface area (Å²) in [6.07, 6.45) is -3.18. The third-order valence-electron chi connectivity index (χ3n) is 3.98. The van der Waals surface area contributed by atoms with E-state index in [0.717, 1.165) is 10.7 Å². The number of hydrogen-bond donors (Lipinski definition) is 0. The van der Waals surface area contributed by atoms with E-state index in [9.17, 15) is 18.0 Å². The molecule has 128 valence electrons. The molecule has 2 heterocycles. The Morgan fingerprint density at radius 1 is 1.21 bits per heavy atom. The minimum atomic E-state index is -4.50. The van der Waals surface area contributed by atoms with Gasteiger partial charge in [-0.25, -0.2) is 4.68 Å². The number of carbonyl (C=O) groups excluding carboxylic acids is 1. The zero-order valence-electron chi connectivity index (χ0n) is 13.0. The Bertz CT molecular complexity index is 749. The Balaban J connectivity index is 1.98. The molecule has 1 aliphatic rings. The van der Waals surface area contributed by atoms with Crippen molar-refractivity contribution in [3.05, 3.63) is 47.3 Å². The molecule has 3 rings (SSSR count). The molecule has 0 bridgehead atoms. The summed E-state index contributed by atoms with van der Waals surface area (Å²) in [5.74, 6) is -0.244. The number of alkyl halides is 3. The van der Waals surface area contributed by atoms with Crippen LogP contribution >= 0.6 is 0 Å². The maximum absolute atomic E-state index is 13.2. The SMILES string of the molecule is Cc1c(C(=O)N2CCOCC2)cnn1-c1ccccc1C(F)(F)F. The molecule has 1 fully saturated rings. The number of carbonyl (C=O) groups is 1. The standard InChI is InChI=1S/C16H16F3N3O2/c1-11-12(15(23)21-6-8-24-9-7-21)10-20-22(11)14-5-3-2-4-13(14)16(17,18)19/h2-5,10H,6-9H2,1H3. The number of para-hydroxylation sites is 1. The van der Waals surface area contributed by atoms with Crippen LogP contribution < -0.4 is 0 Å². The van der Waals surface area contributed by atoms with Crippen molar-refractivity contribution in [1.29, 1.82) is 0 Å². The Hall–Kier alpha value is -2.35. The van der Waals surface area contributed by atoms with Gasteiger partial charge in [-0.1, -0.05) is 12.1 Å². The van der Waals surface area contributed by atoms with E-state index in [1.54, 1.807) is 11.8 Å². The van der Waals surface area contributed by atoms with Gasteiger partial charge >= 0.3 is 6.18 Å². The van der Waals surface area contributed by atoms with E-state index >= 15 is 0 Å². The topological polar surface area (TPSA) is 47.4 Å². The molecule has 1 aromatic heterocycles. The number of nitrogens with zero attached hydrogens (tertiary/aromatic N) is 3. The molecular formula is C16H16F3N3O2. The van der Waals surface area contributed by atoms with Gasteiger partial charge in [-0.05, 0) is 19.1 Å². The highest BCUT2D eigenvalue weighted by Gasteiger charge is 2.34. The van der Waals surface area contributed by atoms with Crippen molar-refractivity contribution in [2.24, 2.45) is 0 Å². The molecule has 2 aromatic rings. The van der Waals surface area contributed by atoms with Crippen LogP contribution in [0.2, 0.25) is 0 Å². The molecule has 0 aliphatic carbocycles. The second-order valence-corrected chi connectivity index (χ2v) is 5.47. The van der Waals surface area contributed by atoms with Gasteiger partial charge in [0.05, 0.1) is 41.9 Å². The Labute approximate surface area is 136 Å². The van der Waals surface area contributed by atoms with E-state index in [-0.39, 0.29) is 11.6 Å². The third kappa shape index (κ3) is 3.01. The van der Waals surface area contributed by atoms with Crippen LogP contribution in [0.1, 0.15) is 21.6 Å². The number of rotatable bonds is 2. The van der Waals surface area contributed by atoms with Crippen LogP contribution in [0.4, 0.5) is 13.2 Å². The van der Waals surface area contributed by atoms with Crippen molar-refractivity contribution < 1.29 is 22.7 Å². The molecule has 24 heavy (non-hydrogen) atoms. The maximum atomic E-state index is 13.2. The van der Waals surface area contributed by atoms with Gasteiger partial charge in [0.1, 0.15) is 0 Å². The molecule has 5 nitrogen and oxygen atoms in total. The normalized spacial score (nSPS) is 15.6. The summed E-state index contributed by atoms with van der Waals surface area (Å²) in [5.41, 5.74) is -0.206. The van der Waals surface area contributed by atoms with Gasteiger partial charge in [-0.3, -0.25) is 4.79 Å². The minimum Gasteiger partial charge on any atom is -0.378 e. The van der Waals surface area contributed by atoms with Crippen LogP contribution in [-0.4, -0.2) is 46.9 Å². The Kier molecular flexibility index (Phi) is 4.31. The van der Waals surface area contributed by atoms with Crippen LogP contribution in [0.3, 0.4) is 0 Å². The van der Waals surface area contributed by atoms with Gasteiger partial charge in [-0.2, -0.15) is 18.3 Å². The molecular weight excluding hydrogens is 323 g/mol. The highest BCUT2D eigenvalue weighted by molar-refractivity contribution is 5.95. The van der Waals surface area contributed by atoms with Crippen molar-refractivity contribution in [1.82, 2.24) is 14.7 Å². The number of ether oxygens (including phenoxy) is 1. The summed E-state index contributed by atoms with van der Waals surface area (Å²) in [6, 6.07) is 5.17. The van der Waals surface area contributed by atoms with E-state index in [4.69, 9.17) is 4.74 Å². The lowest BCUT2D eigenvalue weighted by Gasteiger charge is -2.26. The van der Waals surface area contributed by atoms with Crippen molar-refractivity contribution in [2.45, 2.75) is 13.1 Å². The summed E-state index contributed by atoms with van der Waals surface area (Å²) in [5, 5.41) is 4.01. The average molecular weight is 339 g/mol. The van der Waals surface area contributed by atoms with Crippen molar-refractivity contribution in [2.75, 3.05) is 26.3 Å². The maximum Gasteiger partial charge on any atom is 0.418 e. The van der Waals surface area contributed by atoms with Crippen LogP contribution in [0, 0.1) is 6.92 Å². The molecule has 0 atom stereocenters. The fourth-order valence-electron chi connectivity index (χ4n) is 2.70. The highest BCUT2D eigenvalue weighted by atomic mass is 19.4. The molecule has 0 unspecified atom stereocenters. The Morgan fingerprint density at radius 2 is 1.88 bits per heavy atom. The monoisotopic (exact) mass is 339 g/mol. The van der Waals surface area contributed by atoms with Crippen LogP contribution in [0.5, 0.6) is 0 Å².